The van der Waals surface area contributed by atoms with Gasteiger partial charge in [-0.05, 0) is 40.1 Å². The third kappa shape index (κ3) is 2.59. The molecule has 1 aliphatic heterocycles. The van der Waals surface area contributed by atoms with Gasteiger partial charge in [-0.3, -0.25) is 0 Å². The van der Waals surface area contributed by atoms with E-state index in [1.54, 1.807) is 0 Å². The first kappa shape index (κ1) is 18.1. The van der Waals surface area contributed by atoms with E-state index in [0.717, 1.165) is 45.6 Å². The molecule has 5 aromatic rings. The largest absolute Gasteiger partial charge is 0.458 e. The van der Waals surface area contributed by atoms with Crippen molar-refractivity contribution in [1.29, 1.82) is 0 Å². The van der Waals surface area contributed by atoms with Crippen LogP contribution in [0, 0.1) is 0 Å². The van der Waals surface area contributed by atoms with Crippen LogP contribution >= 0.6 is 0 Å². The second-order valence-corrected chi connectivity index (χ2v) is 8.04. The number of fused-ring (bicyclic) bond motifs is 9. The Morgan fingerprint density at radius 2 is 1.45 bits per heavy atom. The molecule has 3 nitrogen and oxygen atoms in total. The molecular formula is C28H22NO2+. The van der Waals surface area contributed by atoms with Gasteiger partial charge in [0.05, 0.1) is 12.0 Å². The Morgan fingerprint density at radius 1 is 0.839 bits per heavy atom. The first-order valence-corrected chi connectivity index (χ1v) is 10.8. The third-order valence-corrected chi connectivity index (χ3v) is 6.42. The molecule has 0 bridgehead atoms. The Bertz CT molecular complexity index is 1520. The number of aromatic nitrogens is 1. The van der Waals surface area contributed by atoms with Gasteiger partial charge in [-0.2, -0.15) is 4.57 Å². The number of hydrogen-bond donors (Lipinski definition) is 0. The van der Waals surface area contributed by atoms with Crippen LogP contribution in [0.3, 0.4) is 0 Å². The third-order valence-electron chi connectivity index (χ3n) is 6.42. The monoisotopic (exact) mass is 404 g/mol. The minimum absolute atomic E-state index is 0.255. The van der Waals surface area contributed by atoms with Gasteiger partial charge in [0.25, 0.3) is 5.69 Å². The quantitative estimate of drug-likeness (QED) is 0.210. The molecule has 6 rings (SSSR count). The molecular weight excluding hydrogens is 382 g/mol. The van der Waals surface area contributed by atoms with Gasteiger partial charge < -0.3 is 4.74 Å². The highest BCUT2D eigenvalue weighted by Crippen LogP contribution is 2.39. The summed E-state index contributed by atoms with van der Waals surface area (Å²) in [6, 6.07) is 27.6. The van der Waals surface area contributed by atoms with E-state index in [4.69, 9.17) is 4.74 Å². The molecule has 150 valence electrons. The van der Waals surface area contributed by atoms with Gasteiger partial charge in [-0.15, -0.1) is 0 Å². The predicted molar refractivity (Wildman–Crippen MR) is 124 cm³/mol. The summed E-state index contributed by atoms with van der Waals surface area (Å²) < 4.78 is 7.76. The molecule has 0 N–H and O–H groups in total. The molecule has 0 radical (unpaired) electrons. The fourth-order valence-electron chi connectivity index (χ4n) is 5.13. The van der Waals surface area contributed by atoms with Crippen LogP contribution in [0.4, 0.5) is 0 Å². The van der Waals surface area contributed by atoms with E-state index in [9.17, 15) is 4.79 Å². The Labute approximate surface area is 180 Å². The van der Waals surface area contributed by atoms with Crippen LogP contribution in [0.5, 0.6) is 0 Å². The van der Waals surface area contributed by atoms with Crippen LogP contribution in [0.1, 0.15) is 23.0 Å². The van der Waals surface area contributed by atoms with Crippen LogP contribution in [0.15, 0.2) is 78.9 Å². The number of carbonyl (C=O) groups is 1. The summed E-state index contributed by atoms with van der Waals surface area (Å²) in [5.41, 5.74) is 4.25. The van der Waals surface area contributed by atoms with E-state index in [1.165, 1.54) is 16.5 Å². The number of ether oxygens (including phenoxy) is 1. The molecule has 0 fully saturated rings. The number of pyridine rings is 1. The van der Waals surface area contributed by atoms with Crippen LogP contribution in [-0.4, -0.2) is 12.6 Å². The minimum Gasteiger partial charge on any atom is -0.458 e. The standard InChI is InChI=1S/C28H22NO2/c1-2-31-28(30)27-26-23-14-8-7-12-21(23)20-11-5-6-13-22(20)24(26)17-25-19-10-4-3-9-18(19)15-16-29(25)27/h3-14,17H,2,15-16H2,1H3/q+1. The Morgan fingerprint density at radius 3 is 2.19 bits per heavy atom. The molecule has 3 heteroatoms. The van der Waals surface area contributed by atoms with Crippen LogP contribution in [0.2, 0.25) is 0 Å². The Hall–Kier alpha value is -3.72. The molecule has 0 atom stereocenters. The lowest BCUT2D eigenvalue weighted by Crippen LogP contribution is -2.46. The molecule has 0 saturated heterocycles. The van der Waals surface area contributed by atoms with Crippen molar-refractivity contribution in [2.75, 3.05) is 6.61 Å². The van der Waals surface area contributed by atoms with E-state index in [0.29, 0.717) is 12.3 Å². The van der Waals surface area contributed by atoms with Crippen molar-refractivity contribution in [2.24, 2.45) is 0 Å². The molecule has 0 spiro atoms. The number of carbonyl (C=O) groups excluding carboxylic acids is 1. The smallest absolute Gasteiger partial charge is 0.404 e. The fourth-order valence-corrected chi connectivity index (χ4v) is 5.13. The average molecular weight is 404 g/mol. The van der Waals surface area contributed by atoms with Crippen molar-refractivity contribution >= 4 is 38.3 Å². The number of benzene rings is 4. The lowest BCUT2D eigenvalue weighted by atomic mass is 9.90. The lowest BCUT2D eigenvalue weighted by molar-refractivity contribution is -0.688. The molecule has 1 aliphatic rings. The highest BCUT2D eigenvalue weighted by Gasteiger charge is 2.34. The minimum atomic E-state index is -0.255. The van der Waals surface area contributed by atoms with Gasteiger partial charge in [0.1, 0.15) is 0 Å². The second kappa shape index (κ2) is 6.92. The maximum atomic E-state index is 13.4. The molecule has 2 heterocycles. The van der Waals surface area contributed by atoms with Crippen molar-refractivity contribution in [3.63, 3.8) is 0 Å². The van der Waals surface area contributed by atoms with Crippen LogP contribution in [-0.2, 0) is 17.7 Å². The molecule has 0 unspecified atom stereocenters. The summed E-state index contributed by atoms with van der Waals surface area (Å²) >= 11 is 0. The Kier molecular flexibility index (Phi) is 4.03. The van der Waals surface area contributed by atoms with E-state index >= 15 is 0 Å². The zero-order chi connectivity index (χ0) is 20.9. The number of aryl methyl sites for hydroxylation is 1. The highest BCUT2D eigenvalue weighted by atomic mass is 16.5. The van der Waals surface area contributed by atoms with E-state index in [-0.39, 0.29) is 5.97 Å². The van der Waals surface area contributed by atoms with Gasteiger partial charge in [0.15, 0.2) is 6.54 Å². The molecule has 1 aromatic heterocycles. The molecule has 0 saturated carbocycles. The highest BCUT2D eigenvalue weighted by molar-refractivity contribution is 6.28. The summed E-state index contributed by atoms with van der Waals surface area (Å²) in [5, 5.41) is 6.69. The van der Waals surface area contributed by atoms with Crippen molar-refractivity contribution in [2.45, 2.75) is 19.9 Å². The summed E-state index contributed by atoms with van der Waals surface area (Å²) in [7, 11) is 0. The maximum absolute atomic E-state index is 13.4. The van der Waals surface area contributed by atoms with Crippen LogP contribution < -0.4 is 4.57 Å². The number of hydrogen-bond acceptors (Lipinski definition) is 2. The molecule has 31 heavy (non-hydrogen) atoms. The van der Waals surface area contributed by atoms with Crippen molar-refractivity contribution in [1.82, 2.24) is 0 Å². The SMILES string of the molecule is CCOC(=O)c1c2c3ccccc3c3ccccc3c2cc2[n+]1CCc1ccccc1-2. The normalized spacial score (nSPS) is 12.7. The zero-order valence-corrected chi connectivity index (χ0v) is 17.4. The van der Waals surface area contributed by atoms with Crippen molar-refractivity contribution < 1.29 is 14.1 Å². The van der Waals surface area contributed by atoms with E-state index in [1.807, 2.05) is 13.0 Å². The van der Waals surface area contributed by atoms with Crippen molar-refractivity contribution in [3.05, 3.63) is 90.1 Å². The molecule has 4 aromatic carbocycles. The van der Waals surface area contributed by atoms with Gasteiger partial charge in [-0.1, -0.05) is 66.7 Å². The topological polar surface area (TPSA) is 30.2 Å². The summed E-state index contributed by atoms with van der Waals surface area (Å²) in [6.07, 6.45) is 0.900. The second-order valence-electron chi connectivity index (χ2n) is 8.04. The predicted octanol–water partition coefficient (Wildman–Crippen LogP) is 5.83. The Balaban J connectivity index is 1.88. The van der Waals surface area contributed by atoms with E-state index < -0.39 is 0 Å². The maximum Gasteiger partial charge on any atom is 0.404 e. The molecule has 0 aliphatic carbocycles. The summed E-state index contributed by atoms with van der Waals surface area (Å²) in [6.45, 7) is 2.98. The summed E-state index contributed by atoms with van der Waals surface area (Å²) in [5.74, 6) is -0.255. The summed E-state index contributed by atoms with van der Waals surface area (Å²) in [4.78, 5) is 13.4. The first-order valence-electron chi connectivity index (χ1n) is 10.8. The lowest BCUT2D eigenvalue weighted by Gasteiger charge is -2.19. The zero-order valence-electron chi connectivity index (χ0n) is 17.4. The van der Waals surface area contributed by atoms with Gasteiger partial charge >= 0.3 is 5.97 Å². The fraction of sp³-hybridized carbons (Fsp3) is 0.143. The van der Waals surface area contributed by atoms with Gasteiger partial charge in [0.2, 0.25) is 5.69 Å². The van der Waals surface area contributed by atoms with Gasteiger partial charge in [-0.25, -0.2) is 4.79 Å². The van der Waals surface area contributed by atoms with E-state index in [2.05, 4.69) is 77.4 Å². The number of nitrogens with zero attached hydrogens (tertiary/aromatic N) is 1. The first-order chi connectivity index (χ1) is 15.3. The van der Waals surface area contributed by atoms with Crippen LogP contribution in [0.25, 0.3) is 43.6 Å². The van der Waals surface area contributed by atoms with Gasteiger partial charge in [0, 0.05) is 23.4 Å². The molecule has 0 amide bonds. The number of esters is 1. The average Bonchev–Trinajstić information content (AvgIpc) is 2.83. The van der Waals surface area contributed by atoms with Crippen molar-refractivity contribution in [3.8, 4) is 11.3 Å². The number of rotatable bonds is 2.